The molecule has 0 aliphatic heterocycles. The summed E-state index contributed by atoms with van der Waals surface area (Å²) in [4.78, 5) is 0. The highest BCUT2D eigenvalue weighted by Crippen LogP contribution is 2.01. The van der Waals surface area contributed by atoms with Gasteiger partial charge >= 0.3 is 0 Å². The molecule has 0 saturated carbocycles. The number of rotatable bonds is 2. The first-order valence-electron chi connectivity index (χ1n) is 3.49. The van der Waals surface area contributed by atoms with Gasteiger partial charge < -0.3 is 0 Å². The Hall–Kier alpha value is -0.780. The molecule has 0 unspecified atom stereocenters. The van der Waals surface area contributed by atoms with Crippen molar-refractivity contribution in [1.82, 2.24) is 0 Å². The fourth-order valence-corrected chi connectivity index (χ4v) is 0.523. The lowest BCUT2D eigenvalue weighted by atomic mass is 10.2. The first-order chi connectivity index (χ1) is 4.66. The van der Waals surface area contributed by atoms with Gasteiger partial charge in [-0.25, -0.2) is 0 Å². The number of allylic oxidation sites excluding steroid dienone is 3. The van der Waals surface area contributed by atoms with Gasteiger partial charge in [-0.15, -0.1) is 13.2 Å². The zero-order valence-electron chi connectivity index (χ0n) is 7.41. The third kappa shape index (κ3) is 10.3. The van der Waals surface area contributed by atoms with Crippen molar-refractivity contribution in [2.24, 2.45) is 0 Å². The van der Waals surface area contributed by atoms with Crippen LogP contribution in [-0.2, 0) is 0 Å². The number of hydrogen-bond donors (Lipinski definition) is 0. The first kappa shape index (κ1) is 12.0. The van der Waals surface area contributed by atoms with Gasteiger partial charge in [0.1, 0.15) is 0 Å². The van der Waals surface area contributed by atoms with Gasteiger partial charge in [-0.2, -0.15) is 0 Å². The summed E-state index contributed by atoms with van der Waals surface area (Å²) >= 11 is 0. The number of hydrogen-bond acceptors (Lipinski definition) is 0. The predicted molar refractivity (Wildman–Crippen MR) is 50.1 cm³/mol. The topological polar surface area (TPSA) is 0 Å². The van der Waals surface area contributed by atoms with Gasteiger partial charge in [0, 0.05) is 0 Å². The molecule has 0 atom stereocenters. The van der Waals surface area contributed by atoms with E-state index in [1.165, 1.54) is 5.57 Å². The molecule has 58 valence electrons. The molecule has 10 heavy (non-hydrogen) atoms. The van der Waals surface area contributed by atoms with Crippen LogP contribution in [0.2, 0.25) is 0 Å². The minimum Gasteiger partial charge on any atom is -0.106 e. The van der Waals surface area contributed by atoms with Crippen LogP contribution in [0.25, 0.3) is 0 Å². The second-order valence-corrected chi connectivity index (χ2v) is 2.19. The maximum atomic E-state index is 3.77. The van der Waals surface area contributed by atoms with Crippen molar-refractivity contribution in [3.05, 3.63) is 37.0 Å². The summed E-state index contributed by atoms with van der Waals surface area (Å²) in [6.45, 7) is 16.0. The van der Waals surface area contributed by atoms with Gasteiger partial charge in [-0.05, 0) is 20.3 Å². The molecule has 0 fully saturated rings. The Balaban J connectivity index is 0. The van der Waals surface area contributed by atoms with Gasteiger partial charge in [0.15, 0.2) is 0 Å². The molecule has 0 aliphatic carbocycles. The second kappa shape index (κ2) is 8.22. The van der Waals surface area contributed by atoms with Crippen LogP contribution >= 0.6 is 0 Å². The Kier molecular flexibility index (Phi) is 9.82. The highest BCUT2D eigenvalue weighted by Gasteiger charge is 1.80. The Morgan fingerprint density at radius 2 is 1.70 bits per heavy atom. The Morgan fingerprint density at radius 3 is 1.80 bits per heavy atom. The molecule has 0 heterocycles. The summed E-state index contributed by atoms with van der Waals surface area (Å²) < 4.78 is 0. The average molecular weight is 138 g/mol. The molecule has 0 aliphatic rings. The standard InChI is InChI=1S/C8H14.C2H4/c1-5-8(4)6-7(2)3;1-2/h6H,2,5H2,1,3-4H3;1-2H2/b8-6-;. The van der Waals surface area contributed by atoms with Crippen molar-refractivity contribution >= 4 is 0 Å². The lowest BCUT2D eigenvalue weighted by Crippen LogP contribution is -1.70. The first-order valence-corrected chi connectivity index (χ1v) is 3.49. The monoisotopic (exact) mass is 138 g/mol. The van der Waals surface area contributed by atoms with Gasteiger partial charge in [-0.3, -0.25) is 0 Å². The predicted octanol–water partition coefficient (Wildman–Crippen LogP) is 3.72. The van der Waals surface area contributed by atoms with Crippen molar-refractivity contribution < 1.29 is 0 Å². The van der Waals surface area contributed by atoms with Crippen LogP contribution in [0, 0.1) is 0 Å². The van der Waals surface area contributed by atoms with Gasteiger partial charge in [-0.1, -0.05) is 30.7 Å². The van der Waals surface area contributed by atoms with Gasteiger partial charge in [0.2, 0.25) is 0 Å². The van der Waals surface area contributed by atoms with Crippen LogP contribution in [-0.4, -0.2) is 0 Å². The quantitative estimate of drug-likeness (QED) is 0.403. The highest BCUT2D eigenvalue weighted by molar-refractivity contribution is 5.16. The smallest absolute Gasteiger partial charge is 0.0348 e. The Morgan fingerprint density at radius 1 is 1.30 bits per heavy atom. The van der Waals surface area contributed by atoms with Crippen LogP contribution in [0.4, 0.5) is 0 Å². The zero-order chi connectivity index (χ0) is 8.57. The highest BCUT2D eigenvalue weighted by atomic mass is 13.9. The third-order valence-electron chi connectivity index (χ3n) is 1.05. The van der Waals surface area contributed by atoms with Crippen LogP contribution in [0.5, 0.6) is 0 Å². The second-order valence-electron chi connectivity index (χ2n) is 2.19. The fraction of sp³-hybridized carbons (Fsp3) is 0.400. The Bertz CT molecular complexity index is 118. The molecular weight excluding hydrogens is 120 g/mol. The molecule has 0 aromatic carbocycles. The van der Waals surface area contributed by atoms with Crippen LogP contribution in [0.3, 0.4) is 0 Å². The van der Waals surface area contributed by atoms with E-state index in [4.69, 9.17) is 0 Å². The minimum atomic E-state index is 1.13. The molecule has 0 rings (SSSR count). The van der Waals surface area contributed by atoms with E-state index in [9.17, 15) is 0 Å². The summed E-state index contributed by atoms with van der Waals surface area (Å²) in [6, 6.07) is 0. The van der Waals surface area contributed by atoms with Crippen LogP contribution < -0.4 is 0 Å². The molecule has 0 N–H and O–H groups in total. The van der Waals surface area contributed by atoms with E-state index in [1.807, 2.05) is 6.92 Å². The summed E-state index contributed by atoms with van der Waals surface area (Å²) in [5.74, 6) is 0. The summed E-state index contributed by atoms with van der Waals surface area (Å²) in [5, 5.41) is 0. The SMILES string of the molecule is C=C.C=C(C)/C=C(/C)CC. The summed E-state index contributed by atoms with van der Waals surface area (Å²) in [7, 11) is 0. The van der Waals surface area contributed by atoms with Crippen molar-refractivity contribution in [2.45, 2.75) is 27.2 Å². The van der Waals surface area contributed by atoms with E-state index in [0.717, 1.165) is 12.0 Å². The molecule has 0 spiro atoms. The molecule has 0 aromatic rings. The van der Waals surface area contributed by atoms with Crippen molar-refractivity contribution in [3.63, 3.8) is 0 Å². The zero-order valence-corrected chi connectivity index (χ0v) is 7.41. The summed E-state index contributed by atoms with van der Waals surface area (Å²) in [5.41, 5.74) is 2.54. The molecule has 0 saturated heterocycles. The van der Waals surface area contributed by atoms with E-state index >= 15 is 0 Å². The maximum Gasteiger partial charge on any atom is -0.0348 e. The molecule has 0 amide bonds. The molecule has 0 nitrogen and oxygen atoms in total. The third-order valence-corrected chi connectivity index (χ3v) is 1.05. The molecule has 0 radical (unpaired) electrons. The van der Waals surface area contributed by atoms with Crippen molar-refractivity contribution in [3.8, 4) is 0 Å². The molecule has 0 bridgehead atoms. The summed E-state index contributed by atoms with van der Waals surface area (Å²) in [6.07, 6.45) is 3.24. The van der Waals surface area contributed by atoms with E-state index in [0.29, 0.717) is 0 Å². The Labute approximate surface area is 65.0 Å². The average Bonchev–Trinajstić information content (AvgIpc) is 1.91. The van der Waals surface area contributed by atoms with Crippen molar-refractivity contribution in [1.29, 1.82) is 0 Å². The largest absolute Gasteiger partial charge is 0.106 e. The van der Waals surface area contributed by atoms with E-state index < -0.39 is 0 Å². The lowest BCUT2D eigenvalue weighted by Gasteiger charge is -1.91. The molecule has 0 heteroatoms. The fourth-order valence-electron chi connectivity index (χ4n) is 0.523. The van der Waals surface area contributed by atoms with Crippen molar-refractivity contribution in [2.75, 3.05) is 0 Å². The van der Waals surface area contributed by atoms with E-state index in [-0.39, 0.29) is 0 Å². The lowest BCUT2D eigenvalue weighted by molar-refractivity contribution is 1.09. The minimum absolute atomic E-state index is 1.13. The van der Waals surface area contributed by atoms with E-state index in [1.54, 1.807) is 0 Å². The molecular formula is C10H18. The van der Waals surface area contributed by atoms with Crippen LogP contribution in [0.1, 0.15) is 27.2 Å². The molecule has 0 aromatic heterocycles. The van der Waals surface area contributed by atoms with Crippen LogP contribution in [0.15, 0.2) is 37.0 Å². The van der Waals surface area contributed by atoms with Gasteiger partial charge in [0.05, 0.1) is 0 Å². The van der Waals surface area contributed by atoms with E-state index in [2.05, 4.69) is 39.7 Å². The maximum absolute atomic E-state index is 3.77. The van der Waals surface area contributed by atoms with Gasteiger partial charge in [0.25, 0.3) is 0 Å². The normalized spacial score (nSPS) is 9.70.